The van der Waals surface area contributed by atoms with Crippen molar-refractivity contribution >= 4 is 44.9 Å². The van der Waals surface area contributed by atoms with Gasteiger partial charge >= 0.3 is 11.8 Å². The molecule has 0 saturated heterocycles. The van der Waals surface area contributed by atoms with E-state index in [9.17, 15) is 9.59 Å². The molecule has 10 nitrogen and oxygen atoms in total. The van der Waals surface area contributed by atoms with Crippen LogP contribution < -0.4 is 11.1 Å². The summed E-state index contributed by atoms with van der Waals surface area (Å²) in [7, 11) is 0. The van der Waals surface area contributed by atoms with Crippen molar-refractivity contribution in [2.45, 2.75) is 32.7 Å². The maximum absolute atomic E-state index is 13.4. The summed E-state index contributed by atoms with van der Waals surface area (Å²) in [6.45, 7) is 2.62. The Hall–Kier alpha value is -3.96. The number of anilines is 2. The zero-order valence-corrected chi connectivity index (χ0v) is 19.1. The van der Waals surface area contributed by atoms with E-state index in [0.29, 0.717) is 30.4 Å². The molecule has 4 heterocycles. The third kappa shape index (κ3) is 4.18. The van der Waals surface area contributed by atoms with Gasteiger partial charge in [0.15, 0.2) is 0 Å². The zero-order valence-electron chi connectivity index (χ0n) is 18.3. The van der Waals surface area contributed by atoms with Gasteiger partial charge in [-0.1, -0.05) is 6.07 Å². The van der Waals surface area contributed by atoms with Gasteiger partial charge in [-0.3, -0.25) is 9.59 Å². The lowest BCUT2D eigenvalue weighted by atomic mass is 10.1. The number of thiazole rings is 1. The standard InChI is InChI=1S/C23H21N7O3S/c1-13(17-3-2-6-27-29-17)30(9-14-4-5-20-18(7-14)26-12-34-20)23(32)22(31)28-19-8-25-21(24)16-11-33-10-15(16)19/h2-8,12-13H,9-11H2,1H3,(H2,24,25)(H,28,31). The average molecular weight is 476 g/mol. The van der Waals surface area contributed by atoms with E-state index in [1.807, 2.05) is 25.1 Å². The van der Waals surface area contributed by atoms with Crippen LogP contribution in [0.1, 0.15) is 35.3 Å². The van der Waals surface area contributed by atoms with E-state index >= 15 is 0 Å². The first-order valence-corrected chi connectivity index (χ1v) is 11.4. The van der Waals surface area contributed by atoms with Crippen molar-refractivity contribution in [3.05, 3.63) is 70.6 Å². The highest BCUT2D eigenvalue weighted by Crippen LogP contribution is 2.30. The van der Waals surface area contributed by atoms with Gasteiger partial charge in [0, 0.05) is 23.9 Å². The summed E-state index contributed by atoms with van der Waals surface area (Å²) in [5.41, 5.74) is 11.8. The Morgan fingerprint density at radius 1 is 1.24 bits per heavy atom. The second kappa shape index (κ2) is 9.12. The van der Waals surface area contributed by atoms with Crippen molar-refractivity contribution in [3.63, 3.8) is 0 Å². The van der Waals surface area contributed by atoms with Gasteiger partial charge in [0.05, 0.1) is 52.6 Å². The van der Waals surface area contributed by atoms with E-state index in [2.05, 4.69) is 25.5 Å². The normalized spacial score (nSPS) is 13.4. The molecule has 0 fully saturated rings. The Balaban J connectivity index is 1.43. The molecule has 4 aromatic rings. The first-order chi connectivity index (χ1) is 16.5. The fourth-order valence-corrected chi connectivity index (χ4v) is 4.54. The topological polar surface area (TPSA) is 136 Å². The van der Waals surface area contributed by atoms with Crippen molar-refractivity contribution in [2.75, 3.05) is 11.1 Å². The van der Waals surface area contributed by atoms with Gasteiger partial charge in [0.2, 0.25) is 0 Å². The fourth-order valence-electron chi connectivity index (χ4n) is 3.88. The minimum absolute atomic E-state index is 0.193. The van der Waals surface area contributed by atoms with E-state index in [-0.39, 0.29) is 6.54 Å². The number of carbonyl (C=O) groups excluding carboxylic acids is 2. The number of ether oxygens (including phenoxy) is 1. The largest absolute Gasteiger partial charge is 0.383 e. The molecule has 0 aliphatic carbocycles. The molecule has 0 radical (unpaired) electrons. The van der Waals surface area contributed by atoms with Crippen LogP contribution in [-0.4, -0.2) is 36.9 Å². The number of hydrogen-bond acceptors (Lipinski definition) is 9. The minimum Gasteiger partial charge on any atom is -0.383 e. The number of nitrogens with one attached hydrogen (secondary N) is 1. The number of benzene rings is 1. The van der Waals surface area contributed by atoms with Gasteiger partial charge in [-0.05, 0) is 36.8 Å². The SMILES string of the molecule is CC(c1cccnn1)N(Cc1ccc2scnc2c1)C(=O)C(=O)Nc1cnc(N)c2c1COC2. The van der Waals surface area contributed by atoms with Gasteiger partial charge in [-0.2, -0.15) is 10.2 Å². The number of rotatable bonds is 5. The quantitative estimate of drug-likeness (QED) is 0.421. The minimum atomic E-state index is -0.786. The maximum Gasteiger partial charge on any atom is 0.313 e. The van der Waals surface area contributed by atoms with Gasteiger partial charge in [0.1, 0.15) is 5.82 Å². The smallest absolute Gasteiger partial charge is 0.313 e. The van der Waals surface area contributed by atoms with Crippen LogP contribution in [0.4, 0.5) is 11.5 Å². The molecule has 0 bridgehead atoms. The van der Waals surface area contributed by atoms with Crippen LogP contribution >= 0.6 is 11.3 Å². The van der Waals surface area contributed by atoms with Crippen molar-refractivity contribution in [2.24, 2.45) is 0 Å². The predicted molar refractivity (Wildman–Crippen MR) is 126 cm³/mol. The van der Waals surface area contributed by atoms with Gasteiger partial charge in [0.25, 0.3) is 0 Å². The molecule has 1 unspecified atom stereocenters. The number of pyridine rings is 1. The molecule has 3 aromatic heterocycles. The van der Waals surface area contributed by atoms with Crippen LogP contribution in [0.2, 0.25) is 0 Å². The number of nitrogen functional groups attached to an aromatic ring is 1. The fraction of sp³-hybridized carbons (Fsp3) is 0.217. The van der Waals surface area contributed by atoms with E-state index in [4.69, 9.17) is 10.5 Å². The molecule has 1 aromatic carbocycles. The second-order valence-corrected chi connectivity index (χ2v) is 8.76. The number of hydrogen-bond donors (Lipinski definition) is 2. The van der Waals surface area contributed by atoms with Crippen LogP contribution in [0.25, 0.3) is 10.2 Å². The molecule has 1 atom stereocenters. The summed E-state index contributed by atoms with van der Waals surface area (Å²) >= 11 is 1.54. The molecule has 1 aliphatic rings. The van der Waals surface area contributed by atoms with Crippen molar-refractivity contribution in [1.82, 2.24) is 25.1 Å². The number of carbonyl (C=O) groups is 2. The van der Waals surface area contributed by atoms with Crippen LogP contribution in [0, 0.1) is 0 Å². The van der Waals surface area contributed by atoms with Gasteiger partial charge in [-0.25, -0.2) is 9.97 Å². The summed E-state index contributed by atoms with van der Waals surface area (Å²) in [5, 5.41) is 10.7. The molecule has 11 heteroatoms. The first-order valence-electron chi connectivity index (χ1n) is 10.6. The van der Waals surface area contributed by atoms with Gasteiger partial charge in [-0.15, -0.1) is 11.3 Å². The summed E-state index contributed by atoms with van der Waals surface area (Å²) in [6.07, 6.45) is 3.00. The number of nitrogens with zero attached hydrogens (tertiary/aromatic N) is 5. The molecular weight excluding hydrogens is 454 g/mol. The number of amides is 2. The van der Waals surface area contributed by atoms with E-state index in [1.54, 1.807) is 35.2 Å². The van der Waals surface area contributed by atoms with Gasteiger partial charge < -0.3 is 20.7 Å². The molecule has 5 rings (SSSR count). The molecule has 3 N–H and O–H groups in total. The van der Waals surface area contributed by atoms with Crippen molar-refractivity contribution < 1.29 is 14.3 Å². The van der Waals surface area contributed by atoms with E-state index in [0.717, 1.165) is 26.9 Å². The molecule has 172 valence electrons. The van der Waals surface area contributed by atoms with Crippen LogP contribution in [0.15, 0.2) is 48.2 Å². The summed E-state index contributed by atoms with van der Waals surface area (Å²) in [5.74, 6) is -1.14. The lowest BCUT2D eigenvalue weighted by Crippen LogP contribution is -2.41. The number of aromatic nitrogens is 4. The maximum atomic E-state index is 13.4. The van der Waals surface area contributed by atoms with Crippen LogP contribution in [0.3, 0.4) is 0 Å². The van der Waals surface area contributed by atoms with Crippen LogP contribution in [-0.2, 0) is 34.1 Å². The van der Waals surface area contributed by atoms with Crippen molar-refractivity contribution in [3.8, 4) is 0 Å². The van der Waals surface area contributed by atoms with E-state index in [1.165, 1.54) is 11.1 Å². The summed E-state index contributed by atoms with van der Waals surface area (Å²) in [4.78, 5) is 36.4. The Bertz CT molecular complexity index is 1380. The molecular formula is C23H21N7O3S. The second-order valence-electron chi connectivity index (χ2n) is 7.87. The average Bonchev–Trinajstić information content (AvgIpc) is 3.54. The van der Waals surface area contributed by atoms with Crippen LogP contribution in [0.5, 0.6) is 0 Å². The number of fused-ring (bicyclic) bond motifs is 2. The molecule has 1 aliphatic heterocycles. The zero-order chi connectivity index (χ0) is 23.7. The van der Waals surface area contributed by atoms with E-state index < -0.39 is 17.9 Å². The Labute approximate surface area is 198 Å². The molecule has 2 amide bonds. The highest BCUT2D eigenvalue weighted by molar-refractivity contribution is 7.16. The third-order valence-corrected chi connectivity index (χ3v) is 6.57. The summed E-state index contributed by atoms with van der Waals surface area (Å²) < 4.78 is 6.49. The third-order valence-electron chi connectivity index (χ3n) is 5.76. The first kappa shape index (κ1) is 21.9. The molecule has 34 heavy (non-hydrogen) atoms. The highest BCUT2D eigenvalue weighted by Gasteiger charge is 2.30. The Morgan fingerprint density at radius 3 is 2.91 bits per heavy atom. The molecule has 0 spiro atoms. The lowest BCUT2D eigenvalue weighted by Gasteiger charge is -2.28. The Morgan fingerprint density at radius 2 is 2.09 bits per heavy atom. The number of nitrogens with two attached hydrogens (primary N) is 1. The Kier molecular flexibility index (Phi) is 5.86. The van der Waals surface area contributed by atoms with Crippen molar-refractivity contribution in [1.29, 1.82) is 0 Å². The lowest BCUT2D eigenvalue weighted by molar-refractivity contribution is -0.145. The monoisotopic (exact) mass is 475 g/mol. The molecule has 0 saturated carbocycles. The highest BCUT2D eigenvalue weighted by atomic mass is 32.1. The summed E-state index contributed by atoms with van der Waals surface area (Å²) in [6, 6.07) is 8.82. The predicted octanol–water partition coefficient (Wildman–Crippen LogP) is 2.82.